The Morgan fingerprint density at radius 3 is 2.75 bits per heavy atom. The second kappa shape index (κ2) is 6.66. The highest BCUT2D eigenvalue weighted by Gasteiger charge is 2.21. The maximum atomic E-state index is 13.9. The van der Waals surface area contributed by atoms with Crippen LogP contribution in [0.5, 0.6) is 0 Å². The Hall–Kier alpha value is -2.42. The molecule has 0 heterocycles. The third kappa shape index (κ3) is 3.54. The molecule has 0 fully saturated rings. The molecule has 0 saturated heterocycles. The number of benzene rings is 1. The number of nitro groups is 1. The van der Waals surface area contributed by atoms with E-state index in [1.807, 2.05) is 6.92 Å². The zero-order valence-electron chi connectivity index (χ0n) is 11.3. The quantitative estimate of drug-likeness (QED) is 0.511. The predicted octanol–water partition coefficient (Wildman–Crippen LogP) is 2.57. The molecule has 106 valence electrons. The van der Waals surface area contributed by atoms with Gasteiger partial charge in [-0.2, -0.15) is 0 Å². The molecule has 0 spiro atoms. The van der Waals surface area contributed by atoms with Crippen LogP contribution >= 0.6 is 0 Å². The molecule has 1 amide bonds. The largest absolute Gasteiger partial charge is 0.348 e. The number of rotatable bonds is 5. The summed E-state index contributed by atoms with van der Waals surface area (Å²) in [6, 6.07) is 1.73. The Labute approximate surface area is 116 Å². The number of amides is 1. The first kappa shape index (κ1) is 15.6. The summed E-state index contributed by atoms with van der Waals surface area (Å²) in [7, 11) is 0. The van der Waals surface area contributed by atoms with Crippen LogP contribution in [-0.4, -0.2) is 16.9 Å². The lowest BCUT2D eigenvalue weighted by Gasteiger charge is -2.14. The van der Waals surface area contributed by atoms with E-state index in [0.717, 1.165) is 12.1 Å². The van der Waals surface area contributed by atoms with Crippen molar-refractivity contribution in [1.82, 2.24) is 5.32 Å². The number of nitrogens with zero attached hydrogens (tertiary/aromatic N) is 1. The summed E-state index contributed by atoms with van der Waals surface area (Å²) < 4.78 is 13.9. The lowest BCUT2D eigenvalue weighted by Crippen LogP contribution is -2.34. The molecule has 1 aromatic carbocycles. The lowest BCUT2D eigenvalue weighted by molar-refractivity contribution is -0.385. The maximum Gasteiger partial charge on any atom is 0.270 e. The molecule has 0 aliphatic heterocycles. The first-order valence-electron chi connectivity index (χ1n) is 6.09. The molecule has 0 radical (unpaired) electrons. The van der Waals surface area contributed by atoms with Crippen molar-refractivity contribution in [3.63, 3.8) is 0 Å². The fraction of sp³-hybridized carbons (Fsp3) is 0.357. The van der Waals surface area contributed by atoms with Crippen LogP contribution in [0.2, 0.25) is 0 Å². The Morgan fingerprint density at radius 2 is 2.25 bits per heavy atom. The molecule has 0 aromatic heterocycles. The second-order valence-corrected chi connectivity index (χ2v) is 4.37. The third-order valence-electron chi connectivity index (χ3n) is 2.89. The van der Waals surface area contributed by atoms with Gasteiger partial charge in [-0.1, -0.05) is 6.92 Å². The van der Waals surface area contributed by atoms with E-state index in [-0.39, 0.29) is 22.9 Å². The highest BCUT2D eigenvalue weighted by molar-refractivity contribution is 5.95. The van der Waals surface area contributed by atoms with E-state index in [0.29, 0.717) is 12.8 Å². The Balaban J connectivity index is 3.09. The minimum atomic E-state index is -0.760. The molecular weight excluding hydrogens is 263 g/mol. The molecule has 20 heavy (non-hydrogen) atoms. The van der Waals surface area contributed by atoms with E-state index in [2.05, 4.69) is 11.2 Å². The summed E-state index contributed by atoms with van der Waals surface area (Å²) in [6.07, 6.45) is 6.08. The van der Waals surface area contributed by atoms with Gasteiger partial charge in [0.15, 0.2) is 0 Å². The van der Waals surface area contributed by atoms with Crippen LogP contribution in [0.4, 0.5) is 10.1 Å². The average molecular weight is 278 g/mol. The van der Waals surface area contributed by atoms with Gasteiger partial charge in [-0.15, -0.1) is 12.3 Å². The van der Waals surface area contributed by atoms with Crippen molar-refractivity contribution in [2.45, 2.75) is 32.7 Å². The standard InChI is InChI=1S/C14H15FN2O3/c1-4-6-10(5-2)16-14(18)12-8-11(17(19)20)7-9(3)13(12)15/h1,7-8,10H,5-6H2,2-3H3,(H,16,18). The number of carbonyl (C=O) groups excluding carboxylic acids is 1. The molecule has 5 nitrogen and oxygen atoms in total. The molecule has 0 saturated carbocycles. The SMILES string of the molecule is C#CCC(CC)NC(=O)c1cc([N+](=O)[O-])cc(C)c1F. The number of halogens is 1. The van der Waals surface area contributed by atoms with E-state index < -0.39 is 16.6 Å². The molecule has 6 heteroatoms. The summed E-state index contributed by atoms with van der Waals surface area (Å²) in [5.74, 6) is 0.956. The fourth-order valence-corrected chi connectivity index (χ4v) is 1.72. The van der Waals surface area contributed by atoms with Crippen LogP contribution in [0.25, 0.3) is 0 Å². The van der Waals surface area contributed by atoms with Crippen molar-refractivity contribution in [3.8, 4) is 12.3 Å². The first-order chi connectivity index (χ1) is 9.40. The Morgan fingerprint density at radius 1 is 1.60 bits per heavy atom. The number of carbonyl (C=O) groups is 1. The summed E-state index contributed by atoms with van der Waals surface area (Å²) in [5, 5.41) is 13.3. The monoisotopic (exact) mass is 278 g/mol. The van der Waals surface area contributed by atoms with Gasteiger partial charge >= 0.3 is 0 Å². The summed E-state index contributed by atoms with van der Waals surface area (Å²) in [6.45, 7) is 3.20. The number of terminal acetylenes is 1. The molecule has 1 unspecified atom stereocenters. The number of nitrogens with one attached hydrogen (secondary N) is 1. The van der Waals surface area contributed by atoms with E-state index in [9.17, 15) is 19.3 Å². The third-order valence-corrected chi connectivity index (χ3v) is 2.89. The van der Waals surface area contributed by atoms with Crippen molar-refractivity contribution in [1.29, 1.82) is 0 Å². The summed E-state index contributed by atoms with van der Waals surface area (Å²) in [5.41, 5.74) is -0.611. The highest BCUT2D eigenvalue weighted by atomic mass is 19.1. The van der Waals surface area contributed by atoms with Crippen molar-refractivity contribution in [2.75, 3.05) is 0 Å². The average Bonchev–Trinajstić information content (AvgIpc) is 2.40. The molecule has 1 rings (SSSR count). The molecule has 1 atom stereocenters. The van der Waals surface area contributed by atoms with Crippen molar-refractivity contribution < 1.29 is 14.1 Å². The van der Waals surface area contributed by atoms with E-state index in [1.165, 1.54) is 6.92 Å². The summed E-state index contributed by atoms with van der Waals surface area (Å²) >= 11 is 0. The maximum absolute atomic E-state index is 13.9. The number of hydrogen-bond acceptors (Lipinski definition) is 3. The Kier molecular flexibility index (Phi) is 5.21. The van der Waals surface area contributed by atoms with Crippen molar-refractivity contribution >= 4 is 11.6 Å². The van der Waals surface area contributed by atoms with Gasteiger partial charge in [0.05, 0.1) is 10.5 Å². The zero-order valence-corrected chi connectivity index (χ0v) is 11.3. The smallest absolute Gasteiger partial charge is 0.270 e. The van der Waals surface area contributed by atoms with Crippen LogP contribution in [0.15, 0.2) is 12.1 Å². The van der Waals surface area contributed by atoms with Crippen molar-refractivity contribution in [3.05, 3.63) is 39.2 Å². The van der Waals surface area contributed by atoms with Gasteiger partial charge in [-0.3, -0.25) is 14.9 Å². The van der Waals surface area contributed by atoms with Crippen LogP contribution in [0.1, 0.15) is 35.7 Å². The van der Waals surface area contributed by atoms with Gasteiger partial charge in [-0.05, 0) is 18.9 Å². The van der Waals surface area contributed by atoms with Crippen molar-refractivity contribution in [2.24, 2.45) is 0 Å². The van der Waals surface area contributed by atoms with Crippen LogP contribution < -0.4 is 5.32 Å². The first-order valence-corrected chi connectivity index (χ1v) is 6.09. The zero-order chi connectivity index (χ0) is 15.3. The van der Waals surface area contributed by atoms with E-state index >= 15 is 0 Å². The van der Waals surface area contributed by atoms with Gasteiger partial charge in [0.25, 0.3) is 11.6 Å². The number of nitro benzene ring substituents is 1. The minimum absolute atomic E-state index is 0.0503. The molecule has 1 aromatic rings. The van der Waals surface area contributed by atoms with E-state index in [1.54, 1.807) is 0 Å². The fourth-order valence-electron chi connectivity index (χ4n) is 1.72. The number of aryl methyl sites for hydroxylation is 1. The van der Waals surface area contributed by atoms with Crippen LogP contribution in [0, 0.1) is 35.2 Å². The highest BCUT2D eigenvalue weighted by Crippen LogP contribution is 2.21. The van der Waals surface area contributed by atoms with Gasteiger partial charge in [-0.25, -0.2) is 4.39 Å². The van der Waals surface area contributed by atoms with E-state index in [4.69, 9.17) is 6.42 Å². The number of hydrogen-bond donors (Lipinski definition) is 1. The molecule has 1 N–H and O–H groups in total. The minimum Gasteiger partial charge on any atom is -0.348 e. The number of non-ortho nitro benzene ring substituents is 1. The van der Waals surface area contributed by atoms with Crippen LogP contribution in [-0.2, 0) is 0 Å². The summed E-state index contributed by atoms with van der Waals surface area (Å²) in [4.78, 5) is 22.1. The van der Waals surface area contributed by atoms with Gasteiger partial charge in [0.2, 0.25) is 0 Å². The predicted molar refractivity (Wildman–Crippen MR) is 72.8 cm³/mol. The molecule has 0 bridgehead atoms. The molecular formula is C14H15FN2O3. The van der Waals surface area contributed by atoms with Gasteiger partial charge in [0.1, 0.15) is 5.82 Å². The van der Waals surface area contributed by atoms with Gasteiger partial charge in [0, 0.05) is 24.6 Å². The normalized spacial score (nSPS) is 11.5. The second-order valence-electron chi connectivity index (χ2n) is 4.37. The lowest BCUT2D eigenvalue weighted by atomic mass is 10.1. The Bertz CT molecular complexity index is 579. The molecule has 0 aliphatic rings. The molecule has 0 aliphatic carbocycles. The topological polar surface area (TPSA) is 72.2 Å². The van der Waals surface area contributed by atoms with Crippen LogP contribution in [0.3, 0.4) is 0 Å². The van der Waals surface area contributed by atoms with Gasteiger partial charge < -0.3 is 5.32 Å².